The Kier molecular flexibility index (Phi) is 3.73. The van der Waals surface area contributed by atoms with E-state index in [4.69, 9.17) is 0 Å². The predicted molar refractivity (Wildman–Crippen MR) is 80.4 cm³/mol. The molecule has 1 heterocycles. The molecule has 3 rings (SSSR count). The van der Waals surface area contributed by atoms with Crippen LogP contribution in [0.15, 0.2) is 48.5 Å². The largest absolute Gasteiger partial charge is 0.828 e. The van der Waals surface area contributed by atoms with Gasteiger partial charge in [0.25, 0.3) is 0 Å². The van der Waals surface area contributed by atoms with E-state index in [0.29, 0.717) is 5.56 Å². The van der Waals surface area contributed by atoms with E-state index >= 15 is 0 Å². The topological polar surface area (TPSA) is 61.1 Å². The first kappa shape index (κ1) is 13.8. The molecule has 1 atom stereocenters. The summed E-state index contributed by atoms with van der Waals surface area (Å²) in [4.78, 5) is 4.66. The lowest BCUT2D eigenvalue weighted by molar-refractivity contribution is -0.490. The summed E-state index contributed by atoms with van der Waals surface area (Å²) in [7, 11) is 0. The van der Waals surface area contributed by atoms with Crippen LogP contribution in [0.1, 0.15) is 25.2 Å². The van der Waals surface area contributed by atoms with Gasteiger partial charge in [-0.05, 0) is 24.1 Å². The molecule has 1 unspecified atom stereocenters. The van der Waals surface area contributed by atoms with Crippen molar-refractivity contribution in [2.24, 2.45) is 0 Å². The Balaban J connectivity index is 2.21. The van der Waals surface area contributed by atoms with Crippen LogP contribution in [-0.2, 0) is 6.54 Å². The second kappa shape index (κ2) is 5.68. The number of nitrogens with zero attached hydrogens (tertiary/aromatic N) is 2. The summed E-state index contributed by atoms with van der Waals surface area (Å²) in [5, 5.41) is 20.4. The van der Waals surface area contributed by atoms with Gasteiger partial charge < -0.3 is 14.8 Å². The summed E-state index contributed by atoms with van der Waals surface area (Å²) < 4.78 is 2.16. The minimum absolute atomic E-state index is 0.350. The molecule has 4 heteroatoms. The Morgan fingerprint density at radius 2 is 1.95 bits per heavy atom. The third-order valence-electron chi connectivity index (χ3n) is 3.54. The van der Waals surface area contributed by atoms with Gasteiger partial charge in [-0.3, -0.25) is 0 Å². The van der Waals surface area contributed by atoms with Crippen LogP contribution in [0, 0.1) is 0 Å². The Hall–Kier alpha value is -2.17. The van der Waals surface area contributed by atoms with Crippen molar-refractivity contribution in [1.29, 1.82) is 0 Å². The van der Waals surface area contributed by atoms with Gasteiger partial charge in [-0.2, -0.15) is 0 Å². The fourth-order valence-corrected chi connectivity index (χ4v) is 2.56. The highest BCUT2D eigenvalue weighted by atomic mass is 16.5. The first-order valence-electron chi connectivity index (χ1n) is 7.10. The second-order valence-electron chi connectivity index (χ2n) is 5.05. The smallest absolute Gasteiger partial charge is 0.141 e. The maximum atomic E-state index is 11.2. The normalized spacial score (nSPS) is 12.7. The molecule has 3 aromatic rings. The number of rotatable bonds is 4. The van der Waals surface area contributed by atoms with E-state index in [1.165, 1.54) is 0 Å². The lowest BCUT2D eigenvalue weighted by Gasteiger charge is -2.14. The number of imidazole rings is 1. The first-order valence-corrected chi connectivity index (χ1v) is 7.10. The van der Waals surface area contributed by atoms with Crippen molar-refractivity contribution in [2.75, 3.05) is 0 Å². The number of aliphatic hydroxyl groups is 1. The van der Waals surface area contributed by atoms with Crippen molar-refractivity contribution < 1.29 is 10.2 Å². The minimum Gasteiger partial charge on any atom is -0.828 e. The van der Waals surface area contributed by atoms with Gasteiger partial charge in [0.2, 0.25) is 0 Å². The van der Waals surface area contributed by atoms with Gasteiger partial charge in [-0.1, -0.05) is 43.3 Å². The lowest BCUT2D eigenvalue weighted by atomic mass is 10.2. The predicted octanol–water partition coefficient (Wildman–Crippen LogP) is 2.46. The number of aromatic nitrogens is 2. The third kappa shape index (κ3) is 2.55. The average molecular weight is 281 g/mol. The van der Waals surface area contributed by atoms with Gasteiger partial charge in [-0.15, -0.1) is 0 Å². The molecule has 4 nitrogen and oxygen atoms in total. The number of fused-ring (bicyclic) bond motifs is 1. The van der Waals surface area contributed by atoms with Gasteiger partial charge in [0, 0.05) is 18.4 Å². The van der Waals surface area contributed by atoms with E-state index in [2.05, 4.69) is 16.5 Å². The fourth-order valence-electron chi connectivity index (χ4n) is 2.56. The van der Waals surface area contributed by atoms with Crippen LogP contribution in [0.4, 0.5) is 0 Å². The van der Waals surface area contributed by atoms with Crippen LogP contribution in [0.2, 0.25) is 0 Å². The molecule has 0 radical (unpaired) electrons. The third-order valence-corrected chi connectivity index (χ3v) is 3.54. The van der Waals surface area contributed by atoms with Crippen LogP contribution in [0.25, 0.3) is 22.4 Å². The Labute approximate surface area is 123 Å². The molecule has 0 amide bonds. The number of benzene rings is 2. The molecule has 0 spiro atoms. The summed E-state index contributed by atoms with van der Waals surface area (Å²) in [6.45, 7) is 2.98. The molecular weight excluding hydrogens is 264 g/mol. The van der Waals surface area contributed by atoms with Crippen molar-refractivity contribution in [3.8, 4) is 11.4 Å². The van der Waals surface area contributed by atoms with E-state index < -0.39 is 6.29 Å². The summed E-state index contributed by atoms with van der Waals surface area (Å²) in [5.41, 5.74) is 3.13. The van der Waals surface area contributed by atoms with Gasteiger partial charge in [0.15, 0.2) is 0 Å². The van der Waals surface area contributed by atoms with Gasteiger partial charge in [0.1, 0.15) is 5.82 Å². The molecule has 1 N–H and O–H groups in total. The number of aryl methyl sites for hydroxylation is 1. The van der Waals surface area contributed by atoms with Crippen LogP contribution in [0.3, 0.4) is 0 Å². The molecule has 0 saturated heterocycles. The first-order chi connectivity index (χ1) is 10.2. The highest BCUT2D eigenvalue weighted by molar-refractivity contribution is 5.81. The highest BCUT2D eigenvalue weighted by Gasteiger charge is 2.12. The zero-order chi connectivity index (χ0) is 14.8. The van der Waals surface area contributed by atoms with E-state index in [9.17, 15) is 10.2 Å². The summed E-state index contributed by atoms with van der Waals surface area (Å²) in [5.74, 6) is 0.894. The molecule has 21 heavy (non-hydrogen) atoms. The Morgan fingerprint density at radius 3 is 2.62 bits per heavy atom. The Bertz CT molecular complexity index is 748. The monoisotopic (exact) mass is 281 g/mol. The van der Waals surface area contributed by atoms with E-state index in [-0.39, 0.29) is 0 Å². The quantitative estimate of drug-likeness (QED) is 0.747. The molecule has 0 aliphatic heterocycles. The van der Waals surface area contributed by atoms with Gasteiger partial charge >= 0.3 is 0 Å². The molecule has 2 aromatic carbocycles. The molecule has 0 saturated carbocycles. The van der Waals surface area contributed by atoms with Crippen molar-refractivity contribution in [1.82, 2.24) is 9.55 Å². The summed E-state index contributed by atoms with van der Waals surface area (Å²) in [6.07, 6.45) is -0.720. The zero-order valence-corrected chi connectivity index (χ0v) is 11.9. The van der Waals surface area contributed by atoms with Crippen LogP contribution in [0.5, 0.6) is 0 Å². The average Bonchev–Trinajstić information content (AvgIpc) is 2.86. The minimum atomic E-state index is -1.72. The van der Waals surface area contributed by atoms with E-state index in [1.54, 1.807) is 12.1 Å². The molecule has 0 bridgehead atoms. The maximum absolute atomic E-state index is 11.2. The summed E-state index contributed by atoms with van der Waals surface area (Å²) in [6, 6.07) is 15.2. The number of aliphatic hydroxyl groups excluding tert-OH is 1. The number of hydrogen-bond donors (Lipinski definition) is 1. The Morgan fingerprint density at radius 1 is 1.19 bits per heavy atom. The summed E-state index contributed by atoms with van der Waals surface area (Å²) >= 11 is 0. The SMILES string of the molecule is CCCn1c(-c2ccccc2)nc2cc(C([O-])O)ccc21. The zero-order valence-electron chi connectivity index (χ0n) is 11.9. The van der Waals surface area contributed by atoms with Crippen LogP contribution in [-0.4, -0.2) is 14.7 Å². The molecule has 0 aliphatic rings. The van der Waals surface area contributed by atoms with Crippen molar-refractivity contribution >= 4 is 11.0 Å². The number of hydrogen-bond acceptors (Lipinski definition) is 3. The van der Waals surface area contributed by atoms with Gasteiger partial charge in [-0.25, -0.2) is 4.98 Å². The molecule has 0 aliphatic carbocycles. The lowest BCUT2D eigenvalue weighted by Crippen LogP contribution is -2.13. The fraction of sp³-hybridized carbons (Fsp3) is 0.235. The van der Waals surface area contributed by atoms with Crippen molar-refractivity contribution in [3.63, 3.8) is 0 Å². The van der Waals surface area contributed by atoms with E-state index in [0.717, 1.165) is 35.4 Å². The van der Waals surface area contributed by atoms with Crippen molar-refractivity contribution in [3.05, 3.63) is 54.1 Å². The van der Waals surface area contributed by atoms with Crippen LogP contribution < -0.4 is 5.11 Å². The molecule has 0 fully saturated rings. The van der Waals surface area contributed by atoms with Gasteiger partial charge in [0.05, 0.1) is 11.0 Å². The molecular formula is C17H17N2O2-. The van der Waals surface area contributed by atoms with E-state index in [1.807, 2.05) is 36.4 Å². The molecule has 108 valence electrons. The standard InChI is InChI=1S/C17H17N2O2/c1-2-10-19-15-9-8-13(17(20)21)11-14(15)18-16(19)12-6-4-3-5-7-12/h3-9,11,17,20H,2,10H2,1H3/q-1. The highest BCUT2D eigenvalue weighted by Crippen LogP contribution is 2.26. The van der Waals surface area contributed by atoms with Crippen molar-refractivity contribution in [2.45, 2.75) is 26.2 Å². The molecule has 1 aromatic heterocycles. The second-order valence-corrected chi connectivity index (χ2v) is 5.05. The maximum Gasteiger partial charge on any atom is 0.141 e. The van der Waals surface area contributed by atoms with Crippen LogP contribution >= 0.6 is 0 Å².